The first-order chi connectivity index (χ1) is 13.1. The summed E-state index contributed by atoms with van der Waals surface area (Å²) in [7, 11) is 0. The molecule has 7 heteroatoms. The van der Waals surface area contributed by atoms with Crippen LogP contribution in [0.5, 0.6) is 0 Å². The Kier molecular flexibility index (Phi) is 5.03. The van der Waals surface area contributed by atoms with E-state index < -0.39 is 0 Å². The van der Waals surface area contributed by atoms with Crippen LogP contribution in [-0.2, 0) is 16.0 Å². The molecule has 1 N–H and O–H groups in total. The number of carbonyl (C=O) groups excluding carboxylic acids is 1. The molecule has 1 unspecified atom stereocenters. The van der Waals surface area contributed by atoms with Crippen molar-refractivity contribution in [2.45, 2.75) is 24.9 Å². The number of nitrogens with one attached hydrogen (secondary N) is 1. The Bertz CT molecular complexity index is 786. The molecule has 0 aliphatic carbocycles. The number of carbonyl (C=O) groups is 1. The van der Waals surface area contributed by atoms with Gasteiger partial charge >= 0.3 is 0 Å². The third-order valence-corrected chi connectivity index (χ3v) is 5.30. The molecule has 2 saturated heterocycles. The molecule has 2 aliphatic rings. The van der Waals surface area contributed by atoms with Gasteiger partial charge in [0.05, 0.1) is 26.1 Å². The van der Waals surface area contributed by atoms with Gasteiger partial charge in [0, 0.05) is 18.9 Å². The molecule has 0 radical (unpaired) electrons. The van der Waals surface area contributed by atoms with Gasteiger partial charge < -0.3 is 15.0 Å². The largest absolute Gasteiger partial charge is 0.371 e. The van der Waals surface area contributed by atoms with Gasteiger partial charge in [0.2, 0.25) is 11.9 Å². The zero-order chi connectivity index (χ0) is 18.7. The minimum Gasteiger partial charge on any atom is -0.371 e. The highest BCUT2D eigenvalue weighted by Crippen LogP contribution is 2.36. The van der Waals surface area contributed by atoms with Gasteiger partial charge in [0.25, 0.3) is 0 Å². The van der Waals surface area contributed by atoms with Crippen molar-refractivity contribution < 1.29 is 13.9 Å². The molecule has 4 rings (SSSR count). The van der Waals surface area contributed by atoms with Crippen molar-refractivity contribution in [3.8, 4) is 0 Å². The second-order valence-corrected chi connectivity index (χ2v) is 7.41. The number of anilines is 1. The van der Waals surface area contributed by atoms with Crippen LogP contribution in [0, 0.1) is 11.7 Å². The molecule has 1 amide bonds. The smallest absolute Gasteiger partial charge is 0.227 e. The van der Waals surface area contributed by atoms with Crippen molar-refractivity contribution in [2.75, 3.05) is 31.6 Å². The highest BCUT2D eigenvalue weighted by Gasteiger charge is 2.48. The first kappa shape index (κ1) is 17.9. The number of halogens is 1. The number of ether oxygens (including phenoxy) is 1. The molecular formula is C20H23FN4O2. The minimum absolute atomic E-state index is 0.0276. The molecule has 2 aromatic rings. The van der Waals surface area contributed by atoms with Crippen molar-refractivity contribution >= 4 is 11.9 Å². The normalized spacial score (nSPS) is 20.9. The SMILES string of the molecule is O=C(Cc1cccc(F)c1)N1CC2(CCC(CNc3ncccn3)CO2)C1. The van der Waals surface area contributed by atoms with Gasteiger partial charge in [-0.05, 0) is 42.5 Å². The molecule has 3 heterocycles. The molecule has 1 spiro atoms. The fraction of sp³-hybridized carbons (Fsp3) is 0.450. The van der Waals surface area contributed by atoms with E-state index in [9.17, 15) is 9.18 Å². The van der Waals surface area contributed by atoms with Crippen LogP contribution in [0.15, 0.2) is 42.7 Å². The van der Waals surface area contributed by atoms with Gasteiger partial charge in [-0.3, -0.25) is 4.79 Å². The van der Waals surface area contributed by atoms with Crippen LogP contribution in [0.25, 0.3) is 0 Å². The fourth-order valence-electron chi connectivity index (χ4n) is 3.71. The summed E-state index contributed by atoms with van der Waals surface area (Å²) in [4.78, 5) is 22.5. The lowest BCUT2D eigenvalue weighted by molar-refractivity contribution is -0.187. The van der Waals surface area contributed by atoms with Gasteiger partial charge in [-0.1, -0.05) is 12.1 Å². The molecule has 1 aromatic heterocycles. The fourth-order valence-corrected chi connectivity index (χ4v) is 3.71. The van der Waals surface area contributed by atoms with E-state index in [-0.39, 0.29) is 23.7 Å². The highest BCUT2D eigenvalue weighted by molar-refractivity contribution is 5.80. The predicted molar refractivity (Wildman–Crippen MR) is 98.6 cm³/mol. The Labute approximate surface area is 157 Å². The molecule has 6 nitrogen and oxygen atoms in total. The van der Waals surface area contributed by atoms with Crippen LogP contribution in [0.3, 0.4) is 0 Å². The van der Waals surface area contributed by atoms with Gasteiger partial charge in [-0.25, -0.2) is 14.4 Å². The van der Waals surface area contributed by atoms with Gasteiger partial charge in [-0.2, -0.15) is 0 Å². The van der Waals surface area contributed by atoms with Crippen LogP contribution < -0.4 is 5.32 Å². The maximum absolute atomic E-state index is 13.3. The third-order valence-electron chi connectivity index (χ3n) is 5.30. The molecule has 1 atom stereocenters. The van der Waals surface area contributed by atoms with E-state index in [0.717, 1.165) is 19.4 Å². The van der Waals surface area contributed by atoms with Crippen LogP contribution in [-0.4, -0.2) is 52.6 Å². The maximum atomic E-state index is 13.3. The number of amides is 1. The molecular weight excluding hydrogens is 347 g/mol. The lowest BCUT2D eigenvalue weighted by Gasteiger charge is -2.52. The second-order valence-electron chi connectivity index (χ2n) is 7.41. The van der Waals surface area contributed by atoms with E-state index in [4.69, 9.17) is 4.74 Å². The van der Waals surface area contributed by atoms with Crippen LogP contribution in [0.2, 0.25) is 0 Å². The summed E-state index contributed by atoms with van der Waals surface area (Å²) in [6.45, 7) is 2.71. The predicted octanol–water partition coefficient (Wildman–Crippen LogP) is 2.28. The number of hydrogen-bond acceptors (Lipinski definition) is 5. The summed E-state index contributed by atoms with van der Waals surface area (Å²) < 4.78 is 19.4. The summed E-state index contributed by atoms with van der Waals surface area (Å²) in [6.07, 6.45) is 5.65. The topological polar surface area (TPSA) is 67.4 Å². The Morgan fingerprint density at radius 3 is 2.81 bits per heavy atom. The minimum atomic E-state index is -0.309. The number of likely N-dealkylation sites (tertiary alicyclic amines) is 1. The molecule has 0 bridgehead atoms. The molecule has 2 aliphatic heterocycles. The summed E-state index contributed by atoms with van der Waals surface area (Å²) in [5, 5.41) is 3.24. The second kappa shape index (κ2) is 7.60. The van der Waals surface area contributed by atoms with E-state index in [1.165, 1.54) is 12.1 Å². The van der Waals surface area contributed by atoms with Gasteiger partial charge in [-0.15, -0.1) is 0 Å². The summed E-state index contributed by atoms with van der Waals surface area (Å²) >= 11 is 0. The molecule has 142 valence electrons. The van der Waals surface area contributed by atoms with E-state index in [0.29, 0.717) is 37.1 Å². The van der Waals surface area contributed by atoms with E-state index in [2.05, 4.69) is 15.3 Å². The van der Waals surface area contributed by atoms with Crippen molar-refractivity contribution in [1.82, 2.24) is 14.9 Å². The highest BCUT2D eigenvalue weighted by atomic mass is 19.1. The summed E-state index contributed by atoms with van der Waals surface area (Å²) in [6, 6.07) is 8.00. The summed E-state index contributed by atoms with van der Waals surface area (Å²) in [5.41, 5.74) is 0.511. The Morgan fingerprint density at radius 2 is 2.11 bits per heavy atom. The average Bonchev–Trinajstić information content (AvgIpc) is 2.66. The standard InChI is InChI=1S/C20H23FN4O2/c21-17-4-1-3-15(9-17)10-18(26)25-13-20(14-25)6-5-16(12-27-20)11-24-19-22-7-2-8-23-19/h1-4,7-9,16H,5-6,10-14H2,(H,22,23,24). The van der Waals surface area contributed by atoms with Crippen LogP contribution in [0.1, 0.15) is 18.4 Å². The van der Waals surface area contributed by atoms with Crippen molar-refractivity contribution in [1.29, 1.82) is 0 Å². The van der Waals surface area contributed by atoms with Crippen molar-refractivity contribution in [2.24, 2.45) is 5.92 Å². The molecule has 1 aromatic carbocycles. The quantitative estimate of drug-likeness (QED) is 0.875. The van der Waals surface area contributed by atoms with E-state index in [1.54, 1.807) is 35.5 Å². The lowest BCUT2D eigenvalue weighted by Crippen LogP contribution is -2.66. The van der Waals surface area contributed by atoms with Crippen LogP contribution >= 0.6 is 0 Å². The Balaban J connectivity index is 1.21. The van der Waals surface area contributed by atoms with Gasteiger partial charge in [0.1, 0.15) is 11.4 Å². The monoisotopic (exact) mass is 370 g/mol. The zero-order valence-electron chi connectivity index (χ0n) is 15.1. The number of hydrogen-bond donors (Lipinski definition) is 1. The van der Waals surface area contributed by atoms with Crippen molar-refractivity contribution in [3.63, 3.8) is 0 Å². The lowest BCUT2D eigenvalue weighted by atomic mass is 9.82. The molecule has 2 fully saturated rings. The third kappa shape index (κ3) is 4.24. The van der Waals surface area contributed by atoms with E-state index >= 15 is 0 Å². The number of aromatic nitrogens is 2. The Hall–Kier alpha value is -2.54. The molecule has 27 heavy (non-hydrogen) atoms. The number of rotatable bonds is 5. The number of nitrogens with zero attached hydrogens (tertiary/aromatic N) is 3. The number of benzene rings is 1. The van der Waals surface area contributed by atoms with Gasteiger partial charge in [0.15, 0.2) is 0 Å². The Morgan fingerprint density at radius 1 is 1.30 bits per heavy atom. The first-order valence-corrected chi connectivity index (χ1v) is 9.29. The maximum Gasteiger partial charge on any atom is 0.227 e. The first-order valence-electron chi connectivity index (χ1n) is 9.29. The molecule has 0 saturated carbocycles. The summed E-state index contributed by atoms with van der Waals surface area (Å²) in [5.74, 6) is 0.767. The van der Waals surface area contributed by atoms with Crippen LogP contribution in [0.4, 0.5) is 10.3 Å². The van der Waals surface area contributed by atoms with Crippen molar-refractivity contribution in [3.05, 3.63) is 54.1 Å². The zero-order valence-corrected chi connectivity index (χ0v) is 15.1. The average molecular weight is 370 g/mol. The van der Waals surface area contributed by atoms with E-state index in [1.807, 2.05) is 0 Å².